The van der Waals surface area contributed by atoms with Crippen molar-refractivity contribution in [2.45, 2.75) is 25.2 Å². The van der Waals surface area contributed by atoms with Crippen LogP contribution in [0.5, 0.6) is 5.75 Å². The Hall–Kier alpha value is -2.38. The monoisotopic (exact) mass is 371 g/mol. The second kappa shape index (κ2) is 7.47. The zero-order chi connectivity index (χ0) is 17.9. The third kappa shape index (κ3) is 3.59. The highest BCUT2D eigenvalue weighted by Gasteiger charge is 2.19. The van der Waals surface area contributed by atoms with Gasteiger partial charge in [-0.1, -0.05) is 0 Å². The minimum atomic E-state index is -0.0882. The molecule has 2 N–H and O–H groups in total. The van der Waals surface area contributed by atoms with Gasteiger partial charge in [-0.05, 0) is 44.0 Å². The smallest absolute Gasteiger partial charge is 0.230 e. The van der Waals surface area contributed by atoms with Gasteiger partial charge in [0.1, 0.15) is 11.3 Å². The number of piperidine rings is 1. The molecule has 1 saturated heterocycles. The highest BCUT2D eigenvalue weighted by atomic mass is 32.1. The summed E-state index contributed by atoms with van der Waals surface area (Å²) in [6.07, 6.45) is 6.03. The van der Waals surface area contributed by atoms with Gasteiger partial charge in [0, 0.05) is 28.1 Å². The van der Waals surface area contributed by atoms with Gasteiger partial charge < -0.3 is 19.8 Å². The molecule has 2 aromatic heterocycles. The number of hydrogen-bond acceptors (Lipinski definition) is 6. The molecular weight excluding hydrogens is 350 g/mol. The minimum absolute atomic E-state index is 0.0882. The lowest BCUT2D eigenvalue weighted by Crippen LogP contribution is -2.26. The number of carbonyl (C=O) groups excluding carboxylic acids is 1. The first-order valence-electron chi connectivity index (χ1n) is 8.73. The molecule has 0 bridgehead atoms. The van der Waals surface area contributed by atoms with Gasteiger partial charge in [-0.15, -0.1) is 11.3 Å². The van der Waals surface area contributed by atoms with Crippen molar-refractivity contribution in [3.05, 3.63) is 41.1 Å². The normalized spacial score (nSPS) is 15.3. The molecule has 0 radical (unpaired) electrons. The number of nitrogens with zero attached hydrogens (tertiary/aromatic N) is 1. The van der Waals surface area contributed by atoms with Gasteiger partial charge >= 0.3 is 0 Å². The number of methoxy groups -OCH3 is 1. The number of carbonyl (C=O) groups is 1. The number of aromatic nitrogens is 1. The lowest BCUT2D eigenvalue weighted by molar-refractivity contribution is -0.115. The quantitative estimate of drug-likeness (QED) is 0.717. The molecule has 0 atom stereocenters. The molecule has 0 spiro atoms. The van der Waals surface area contributed by atoms with E-state index in [-0.39, 0.29) is 12.3 Å². The second-order valence-electron chi connectivity index (χ2n) is 6.44. The summed E-state index contributed by atoms with van der Waals surface area (Å²) < 4.78 is 10.7. The maximum Gasteiger partial charge on any atom is 0.230 e. The van der Waals surface area contributed by atoms with Gasteiger partial charge in [0.2, 0.25) is 5.91 Å². The molecule has 7 heteroatoms. The number of hydrogen-bond donors (Lipinski definition) is 2. The topological polar surface area (TPSA) is 76.4 Å². The summed E-state index contributed by atoms with van der Waals surface area (Å²) in [4.78, 5) is 18.0. The van der Waals surface area contributed by atoms with Gasteiger partial charge in [-0.3, -0.25) is 4.79 Å². The maximum atomic E-state index is 12.4. The number of benzene rings is 1. The predicted octanol–water partition coefficient (Wildman–Crippen LogP) is 3.55. The molecule has 4 rings (SSSR count). The molecule has 1 aliphatic rings. The second-order valence-corrected chi connectivity index (χ2v) is 7.50. The molecule has 136 valence electrons. The van der Waals surface area contributed by atoms with Crippen LogP contribution in [0.1, 0.15) is 29.2 Å². The van der Waals surface area contributed by atoms with Gasteiger partial charge in [0.05, 0.1) is 19.8 Å². The SMILES string of the molecule is COc1ccc2c(CC(=O)Nc3ncc(C4CCNCC4)s3)coc2c1. The fourth-order valence-electron chi connectivity index (χ4n) is 3.30. The lowest BCUT2D eigenvalue weighted by Gasteiger charge is -2.20. The Morgan fingerprint density at radius 2 is 2.27 bits per heavy atom. The number of nitrogens with one attached hydrogen (secondary N) is 2. The Labute approximate surface area is 155 Å². The van der Waals surface area contributed by atoms with Crippen LogP contribution < -0.4 is 15.4 Å². The summed E-state index contributed by atoms with van der Waals surface area (Å²) in [7, 11) is 1.62. The van der Waals surface area contributed by atoms with E-state index in [2.05, 4.69) is 15.6 Å². The molecule has 26 heavy (non-hydrogen) atoms. The summed E-state index contributed by atoms with van der Waals surface area (Å²) in [5.41, 5.74) is 1.57. The standard InChI is InChI=1S/C19H21N3O3S/c1-24-14-2-3-15-13(11-25-16(15)9-14)8-18(23)22-19-21-10-17(26-19)12-4-6-20-7-5-12/h2-3,9-12,20H,4-8H2,1H3,(H,21,22,23). The van der Waals surface area contributed by atoms with Crippen molar-refractivity contribution in [3.63, 3.8) is 0 Å². The molecule has 6 nitrogen and oxygen atoms in total. The Balaban J connectivity index is 1.42. The number of rotatable bonds is 5. The van der Waals surface area contributed by atoms with Gasteiger partial charge in [0.15, 0.2) is 5.13 Å². The number of thiazole rings is 1. The van der Waals surface area contributed by atoms with Gasteiger partial charge in [-0.25, -0.2) is 4.98 Å². The fraction of sp³-hybridized carbons (Fsp3) is 0.368. The van der Waals surface area contributed by atoms with Crippen LogP contribution in [0.4, 0.5) is 5.13 Å². The van der Waals surface area contributed by atoms with E-state index in [4.69, 9.17) is 9.15 Å². The third-order valence-electron chi connectivity index (χ3n) is 4.73. The van der Waals surface area contributed by atoms with E-state index in [0.29, 0.717) is 11.0 Å². The average Bonchev–Trinajstić information content (AvgIpc) is 3.29. The van der Waals surface area contributed by atoms with Crippen molar-refractivity contribution in [2.75, 3.05) is 25.5 Å². The van der Waals surface area contributed by atoms with Crippen LogP contribution in [0, 0.1) is 0 Å². The van der Waals surface area contributed by atoms with E-state index in [1.807, 2.05) is 24.4 Å². The lowest BCUT2D eigenvalue weighted by atomic mass is 9.97. The Bertz CT molecular complexity index is 912. The largest absolute Gasteiger partial charge is 0.497 e. The summed E-state index contributed by atoms with van der Waals surface area (Å²) >= 11 is 1.58. The first kappa shape index (κ1) is 17.1. The highest BCUT2D eigenvalue weighted by molar-refractivity contribution is 7.15. The molecule has 0 unspecified atom stereocenters. The van der Waals surface area contributed by atoms with E-state index in [1.165, 1.54) is 4.88 Å². The molecule has 0 aliphatic carbocycles. The zero-order valence-electron chi connectivity index (χ0n) is 14.6. The van der Waals surface area contributed by atoms with Gasteiger partial charge in [0.25, 0.3) is 0 Å². The first-order valence-corrected chi connectivity index (χ1v) is 9.55. The number of anilines is 1. The van der Waals surface area contributed by atoms with E-state index in [0.717, 1.165) is 48.2 Å². The fourth-order valence-corrected chi connectivity index (χ4v) is 4.30. The van der Waals surface area contributed by atoms with Crippen molar-refractivity contribution in [2.24, 2.45) is 0 Å². The Morgan fingerprint density at radius 1 is 1.42 bits per heavy atom. The van der Waals surface area contributed by atoms with E-state index >= 15 is 0 Å². The summed E-state index contributed by atoms with van der Waals surface area (Å²) in [6.45, 7) is 2.09. The molecule has 1 aliphatic heterocycles. The van der Waals surface area contributed by atoms with E-state index in [1.54, 1.807) is 24.7 Å². The van der Waals surface area contributed by atoms with Crippen LogP contribution in [0.2, 0.25) is 0 Å². The summed E-state index contributed by atoms with van der Waals surface area (Å²) in [6, 6.07) is 5.60. The van der Waals surface area contributed by atoms with Crippen molar-refractivity contribution in [3.8, 4) is 5.75 Å². The van der Waals surface area contributed by atoms with Crippen LogP contribution >= 0.6 is 11.3 Å². The average molecular weight is 371 g/mol. The molecule has 1 fully saturated rings. The van der Waals surface area contributed by atoms with Crippen LogP contribution in [0.3, 0.4) is 0 Å². The summed E-state index contributed by atoms with van der Waals surface area (Å²) in [5, 5.41) is 7.87. The molecule has 3 aromatic rings. The number of amides is 1. The van der Waals surface area contributed by atoms with E-state index in [9.17, 15) is 4.79 Å². The van der Waals surface area contributed by atoms with Crippen molar-refractivity contribution < 1.29 is 13.9 Å². The highest BCUT2D eigenvalue weighted by Crippen LogP contribution is 2.32. The minimum Gasteiger partial charge on any atom is -0.497 e. The first-order chi connectivity index (χ1) is 12.7. The molecule has 0 saturated carbocycles. The zero-order valence-corrected chi connectivity index (χ0v) is 15.4. The van der Waals surface area contributed by atoms with Crippen molar-refractivity contribution >= 4 is 33.3 Å². The Kier molecular flexibility index (Phi) is 4.90. The van der Waals surface area contributed by atoms with E-state index < -0.39 is 0 Å². The Morgan fingerprint density at radius 3 is 3.08 bits per heavy atom. The number of fused-ring (bicyclic) bond motifs is 1. The maximum absolute atomic E-state index is 12.4. The third-order valence-corrected chi connectivity index (χ3v) is 5.80. The van der Waals surface area contributed by atoms with Crippen molar-refractivity contribution in [1.82, 2.24) is 10.3 Å². The number of furan rings is 1. The van der Waals surface area contributed by atoms with Crippen molar-refractivity contribution in [1.29, 1.82) is 0 Å². The van der Waals surface area contributed by atoms with Crippen LogP contribution in [-0.4, -0.2) is 31.1 Å². The molecule has 3 heterocycles. The molecule has 1 aromatic carbocycles. The molecule has 1 amide bonds. The predicted molar refractivity (Wildman–Crippen MR) is 102 cm³/mol. The number of ether oxygens (including phenoxy) is 1. The van der Waals surface area contributed by atoms with Crippen LogP contribution in [0.15, 0.2) is 35.1 Å². The van der Waals surface area contributed by atoms with Crippen LogP contribution in [-0.2, 0) is 11.2 Å². The molecular formula is C19H21N3O3S. The summed E-state index contributed by atoms with van der Waals surface area (Å²) in [5.74, 6) is 1.19. The van der Waals surface area contributed by atoms with Gasteiger partial charge in [-0.2, -0.15) is 0 Å². The van der Waals surface area contributed by atoms with Crippen LogP contribution in [0.25, 0.3) is 11.0 Å².